The zero-order valence-corrected chi connectivity index (χ0v) is 11.6. The Morgan fingerprint density at radius 2 is 2.06 bits per heavy atom. The maximum Gasteiger partial charge on any atom is 0.305 e. The first kappa shape index (κ1) is 14.7. The molecule has 0 radical (unpaired) electrons. The van der Waals surface area contributed by atoms with E-state index in [-0.39, 0.29) is 12.4 Å². The van der Waals surface area contributed by atoms with Crippen molar-refractivity contribution in [3.05, 3.63) is 34.9 Å². The standard InChI is InChI=1S/C15H22O3/c1-5-18-14(16)8-9-15(4,17)13-7-6-11(2)10-12(13)3/h6-7,10,17H,5,8-9H2,1-4H3. The second kappa shape index (κ2) is 6.01. The fourth-order valence-electron chi connectivity index (χ4n) is 2.13. The van der Waals surface area contributed by atoms with E-state index in [0.717, 1.165) is 16.7 Å². The first-order valence-electron chi connectivity index (χ1n) is 6.32. The molecule has 1 rings (SSSR count). The van der Waals surface area contributed by atoms with E-state index in [1.165, 1.54) is 0 Å². The summed E-state index contributed by atoms with van der Waals surface area (Å²) in [7, 11) is 0. The highest BCUT2D eigenvalue weighted by Gasteiger charge is 2.25. The van der Waals surface area contributed by atoms with Gasteiger partial charge in [-0.25, -0.2) is 0 Å². The molecular formula is C15H22O3. The zero-order valence-electron chi connectivity index (χ0n) is 11.6. The molecule has 1 aromatic carbocycles. The van der Waals surface area contributed by atoms with Crippen LogP contribution in [-0.2, 0) is 15.1 Å². The Balaban J connectivity index is 2.76. The summed E-state index contributed by atoms with van der Waals surface area (Å²) >= 11 is 0. The first-order chi connectivity index (χ1) is 8.36. The summed E-state index contributed by atoms with van der Waals surface area (Å²) in [4.78, 5) is 11.3. The van der Waals surface area contributed by atoms with Gasteiger partial charge in [-0.1, -0.05) is 23.8 Å². The van der Waals surface area contributed by atoms with Crippen molar-refractivity contribution in [1.29, 1.82) is 0 Å². The molecular weight excluding hydrogens is 228 g/mol. The Labute approximate surface area is 109 Å². The van der Waals surface area contributed by atoms with Crippen LogP contribution < -0.4 is 0 Å². The van der Waals surface area contributed by atoms with Crippen molar-refractivity contribution in [2.24, 2.45) is 0 Å². The molecule has 0 aliphatic rings. The Morgan fingerprint density at radius 1 is 1.39 bits per heavy atom. The second-order valence-corrected chi connectivity index (χ2v) is 4.90. The van der Waals surface area contributed by atoms with Crippen LogP contribution in [0.4, 0.5) is 0 Å². The highest BCUT2D eigenvalue weighted by Crippen LogP contribution is 2.29. The third kappa shape index (κ3) is 3.84. The second-order valence-electron chi connectivity index (χ2n) is 4.90. The minimum atomic E-state index is -0.995. The summed E-state index contributed by atoms with van der Waals surface area (Å²) in [5.41, 5.74) is 2.09. The van der Waals surface area contributed by atoms with Gasteiger partial charge in [0.2, 0.25) is 0 Å². The number of hydrogen-bond acceptors (Lipinski definition) is 3. The van der Waals surface area contributed by atoms with Crippen LogP contribution in [0.25, 0.3) is 0 Å². The maximum atomic E-state index is 11.3. The number of aryl methyl sites for hydroxylation is 2. The number of carbonyl (C=O) groups is 1. The molecule has 0 heterocycles. The predicted molar refractivity (Wildman–Crippen MR) is 71.4 cm³/mol. The van der Waals surface area contributed by atoms with Crippen LogP contribution in [-0.4, -0.2) is 17.7 Å². The molecule has 0 aliphatic heterocycles. The molecule has 0 saturated heterocycles. The fourth-order valence-corrected chi connectivity index (χ4v) is 2.13. The molecule has 0 aromatic heterocycles. The molecule has 1 N–H and O–H groups in total. The van der Waals surface area contributed by atoms with Gasteiger partial charge < -0.3 is 9.84 Å². The van der Waals surface area contributed by atoms with E-state index in [4.69, 9.17) is 4.74 Å². The van der Waals surface area contributed by atoms with E-state index >= 15 is 0 Å². The van der Waals surface area contributed by atoms with E-state index < -0.39 is 5.60 Å². The average molecular weight is 250 g/mol. The van der Waals surface area contributed by atoms with Gasteiger partial charge in [-0.2, -0.15) is 0 Å². The summed E-state index contributed by atoms with van der Waals surface area (Å²) < 4.78 is 4.87. The summed E-state index contributed by atoms with van der Waals surface area (Å²) in [6.07, 6.45) is 0.601. The van der Waals surface area contributed by atoms with E-state index in [9.17, 15) is 9.90 Å². The molecule has 0 saturated carbocycles. The van der Waals surface area contributed by atoms with E-state index in [1.54, 1.807) is 13.8 Å². The quantitative estimate of drug-likeness (QED) is 0.817. The van der Waals surface area contributed by atoms with Gasteiger partial charge in [0.25, 0.3) is 0 Å². The predicted octanol–water partition coefficient (Wildman–Crippen LogP) is 2.85. The smallest absolute Gasteiger partial charge is 0.305 e. The fraction of sp³-hybridized carbons (Fsp3) is 0.533. The monoisotopic (exact) mass is 250 g/mol. The van der Waals surface area contributed by atoms with E-state index in [2.05, 4.69) is 0 Å². The molecule has 0 spiro atoms. The Hall–Kier alpha value is -1.35. The number of carbonyl (C=O) groups excluding carboxylic acids is 1. The number of esters is 1. The number of aliphatic hydroxyl groups is 1. The number of ether oxygens (including phenoxy) is 1. The normalized spacial score (nSPS) is 14.1. The van der Waals surface area contributed by atoms with E-state index in [1.807, 2.05) is 32.0 Å². The molecule has 3 heteroatoms. The number of hydrogen-bond donors (Lipinski definition) is 1. The summed E-state index contributed by atoms with van der Waals surface area (Å²) in [5.74, 6) is -0.262. The van der Waals surface area contributed by atoms with Gasteiger partial charge in [0.15, 0.2) is 0 Å². The molecule has 1 aromatic rings. The van der Waals surface area contributed by atoms with Gasteiger partial charge in [0, 0.05) is 6.42 Å². The van der Waals surface area contributed by atoms with Crippen LogP contribution >= 0.6 is 0 Å². The lowest BCUT2D eigenvalue weighted by Gasteiger charge is -2.25. The van der Waals surface area contributed by atoms with Crippen molar-refractivity contribution in [2.75, 3.05) is 6.61 Å². The van der Waals surface area contributed by atoms with Gasteiger partial charge in [-0.05, 0) is 45.2 Å². The van der Waals surface area contributed by atoms with Gasteiger partial charge >= 0.3 is 5.97 Å². The zero-order chi connectivity index (χ0) is 13.8. The van der Waals surface area contributed by atoms with Crippen molar-refractivity contribution in [1.82, 2.24) is 0 Å². The summed E-state index contributed by atoms with van der Waals surface area (Å²) in [5, 5.41) is 10.5. The number of rotatable bonds is 5. The lowest BCUT2D eigenvalue weighted by atomic mass is 9.87. The minimum absolute atomic E-state index is 0.230. The van der Waals surface area contributed by atoms with Gasteiger partial charge in [0.05, 0.1) is 12.2 Å². The Morgan fingerprint density at radius 3 is 2.61 bits per heavy atom. The minimum Gasteiger partial charge on any atom is -0.466 e. The highest BCUT2D eigenvalue weighted by molar-refractivity contribution is 5.69. The summed E-state index contributed by atoms with van der Waals surface area (Å²) in [6.45, 7) is 7.89. The van der Waals surface area contributed by atoms with Crippen molar-refractivity contribution in [3.63, 3.8) is 0 Å². The third-order valence-electron chi connectivity index (χ3n) is 3.08. The third-order valence-corrected chi connectivity index (χ3v) is 3.08. The molecule has 0 fully saturated rings. The van der Waals surface area contributed by atoms with Gasteiger partial charge in [-0.3, -0.25) is 4.79 Å². The van der Waals surface area contributed by atoms with Crippen molar-refractivity contribution in [2.45, 2.75) is 46.1 Å². The molecule has 1 unspecified atom stereocenters. The maximum absolute atomic E-state index is 11.3. The number of benzene rings is 1. The molecule has 18 heavy (non-hydrogen) atoms. The molecule has 0 amide bonds. The SMILES string of the molecule is CCOC(=O)CCC(C)(O)c1ccc(C)cc1C. The Kier molecular flexibility index (Phi) is 4.91. The summed E-state index contributed by atoms with van der Waals surface area (Å²) in [6, 6.07) is 5.94. The van der Waals surface area contributed by atoms with Crippen LogP contribution in [0.2, 0.25) is 0 Å². The molecule has 100 valence electrons. The van der Waals surface area contributed by atoms with Crippen molar-refractivity contribution >= 4 is 5.97 Å². The molecule has 1 atom stereocenters. The molecule has 0 bridgehead atoms. The molecule has 3 nitrogen and oxygen atoms in total. The lowest BCUT2D eigenvalue weighted by molar-refractivity contribution is -0.144. The largest absolute Gasteiger partial charge is 0.466 e. The van der Waals surface area contributed by atoms with Crippen LogP contribution in [0, 0.1) is 13.8 Å². The van der Waals surface area contributed by atoms with Crippen LogP contribution in [0.5, 0.6) is 0 Å². The van der Waals surface area contributed by atoms with Gasteiger partial charge in [0.1, 0.15) is 0 Å². The first-order valence-corrected chi connectivity index (χ1v) is 6.32. The van der Waals surface area contributed by atoms with Crippen LogP contribution in [0.3, 0.4) is 0 Å². The lowest BCUT2D eigenvalue weighted by Crippen LogP contribution is -2.24. The highest BCUT2D eigenvalue weighted by atomic mass is 16.5. The Bertz CT molecular complexity index is 422. The van der Waals surface area contributed by atoms with Crippen LogP contribution in [0.1, 0.15) is 43.4 Å². The molecule has 0 aliphatic carbocycles. The van der Waals surface area contributed by atoms with Crippen LogP contribution in [0.15, 0.2) is 18.2 Å². The van der Waals surface area contributed by atoms with Crippen molar-refractivity contribution in [3.8, 4) is 0 Å². The van der Waals surface area contributed by atoms with Crippen molar-refractivity contribution < 1.29 is 14.6 Å². The van der Waals surface area contributed by atoms with Gasteiger partial charge in [-0.15, -0.1) is 0 Å². The van der Waals surface area contributed by atoms with E-state index in [0.29, 0.717) is 13.0 Å². The topological polar surface area (TPSA) is 46.5 Å². The average Bonchev–Trinajstić information content (AvgIpc) is 2.26.